The number of nitrogens with zero attached hydrogens (tertiary/aromatic N) is 3. The molecule has 0 unspecified atom stereocenters. The number of carbonyl (C=O) groups excluding carboxylic acids is 1. The fourth-order valence-corrected chi connectivity index (χ4v) is 6.09. The first-order chi connectivity index (χ1) is 15.2. The predicted octanol–water partition coefficient (Wildman–Crippen LogP) is 4.20. The fraction of sp³-hybridized carbons (Fsp3) is 0.318. The number of rotatable bonds is 5. The Labute approximate surface area is 197 Å². The van der Waals surface area contributed by atoms with E-state index in [9.17, 15) is 13.2 Å². The van der Waals surface area contributed by atoms with Crippen molar-refractivity contribution in [2.45, 2.75) is 25.3 Å². The smallest absolute Gasteiger partial charge is 0.255 e. The monoisotopic (exact) mass is 495 g/mol. The van der Waals surface area contributed by atoms with Crippen LogP contribution in [0.1, 0.15) is 27.5 Å². The Morgan fingerprint density at radius 1 is 1.06 bits per heavy atom. The molecule has 0 aliphatic carbocycles. The summed E-state index contributed by atoms with van der Waals surface area (Å²) in [4.78, 5) is 14.9. The lowest BCUT2D eigenvalue weighted by Crippen LogP contribution is -2.50. The number of piperazine rings is 1. The quantitative estimate of drug-likeness (QED) is 0.531. The summed E-state index contributed by atoms with van der Waals surface area (Å²) in [6.07, 6.45) is 1.62. The molecule has 0 atom stereocenters. The average molecular weight is 496 g/mol. The first-order valence-corrected chi connectivity index (χ1v) is 12.3. The van der Waals surface area contributed by atoms with Crippen LogP contribution in [0, 0.1) is 13.8 Å². The number of hydrogen-bond donors (Lipinski definition) is 0. The minimum atomic E-state index is -3.80. The van der Waals surface area contributed by atoms with E-state index in [2.05, 4.69) is 0 Å². The van der Waals surface area contributed by atoms with Crippen molar-refractivity contribution in [3.63, 3.8) is 0 Å². The third kappa shape index (κ3) is 4.32. The van der Waals surface area contributed by atoms with Crippen molar-refractivity contribution in [3.8, 4) is 0 Å². The van der Waals surface area contributed by atoms with Gasteiger partial charge >= 0.3 is 0 Å². The molecule has 1 fully saturated rings. The maximum absolute atomic E-state index is 13.2. The highest BCUT2D eigenvalue weighted by molar-refractivity contribution is 7.89. The Morgan fingerprint density at radius 3 is 2.44 bits per heavy atom. The Balaban J connectivity index is 1.48. The third-order valence-electron chi connectivity index (χ3n) is 5.74. The maximum atomic E-state index is 13.2. The van der Waals surface area contributed by atoms with E-state index in [-0.39, 0.29) is 42.0 Å². The van der Waals surface area contributed by atoms with Crippen molar-refractivity contribution in [2.75, 3.05) is 26.2 Å². The van der Waals surface area contributed by atoms with Gasteiger partial charge in [-0.15, -0.1) is 0 Å². The molecule has 1 saturated heterocycles. The van der Waals surface area contributed by atoms with E-state index in [0.29, 0.717) is 17.1 Å². The van der Waals surface area contributed by atoms with Gasteiger partial charge in [-0.2, -0.15) is 4.31 Å². The van der Waals surface area contributed by atoms with E-state index in [1.165, 1.54) is 16.4 Å². The minimum Gasteiger partial charge on any atom is -0.467 e. The normalized spacial score (nSPS) is 15.3. The number of furan rings is 1. The average Bonchev–Trinajstić information content (AvgIpc) is 3.39. The summed E-state index contributed by atoms with van der Waals surface area (Å²) in [5.41, 5.74) is 2.42. The number of aromatic nitrogens is 1. The van der Waals surface area contributed by atoms with Crippen LogP contribution in [0.3, 0.4) is 0 Å². The summed E-state index contributed by atoms with van der Waals surface area (Å²) in [5, 5.41) is 0.420. The lowest BCUT2D eigenvalue weighted by Gasteiger charge is -2.34. The van der Waals surface area contributed by atoms with Crippen LogP contribution >= 0.6 is 23.2 Å². The number of halogens is 2. The van der Waals surface area contributed by atoms with Gasteiger partial charge in [0.25, 0.3) is 5.91 Å². The van der Waals surface area contributed by atoms with Crippen molar-refractivity contribution in [2.24, 2.45) is 0 Å². The van der Waals surface area contributed by atoms with Crippen LogP contribution in [-0.2, 0) is 16.6 Å². The van der Waals surface area contributed by atoms with Crippen LogP contribution in [0.5, 0.6) is 0 Å². The Morgan fingerprint density at radius 2 is 1.78 bits per heavy atom. The zero-order chi connectivity index (χ0) is 23.0. The summed E-state index contributed by atoms with van der Waals surface area (Å²) in [6.45, 7) is 5.35. The van der Waals surface area contributed by atoms with E-state index >= 15 is 0 Å². The highest BCUT2D eigenvalue weighted by Gasteiger charge is 2.32. The van der Waals surface area contributed by atoms with Gasteiger partial charge in [0.05, 0.1) is 23.4 Å². The largest absolute Gasteiger partial charge is 0.467 e. The van der Waals surface area contributed by atoms with E-state index in [4.69, 9.17) is 27.6 Å². The minimum absolute atomic E-state index is 0.0204. The van der Waals surface area contributed by atoms with Gasteiger partial charge in [0, 0.05) is 42.6 Å². The van der Waals surface area contributed by atoms with Crippen molar-refractivity contribution in [1.82, 2.24) is 13.8 Å². The first-order valence-electron chi connectivity index (χ1n) is 10.1. The first kappa shape index (κ1) is 22.9. The zero-order valence-corrected chi connectivity index (χ0v) is 20.0. The van der Waals surface area contributed by atoms with Gasteiger partial charge in [-0.05, 0) is 50.2 Å². The van der Waals surface area contributed by atoms with Crippen LogP contribution in [0.15, 0.2) is 52.0 Å². The number of amides is 1. The van der Waals surface area contributed by atoms with E-state index in [0.717, 1.165) is 17.1 Å². The molecule has 1 aliphatic heterocycles. The van der Waals surface area contributed by atoms with Gasteiger partial charge < -0.3 is 13.9 Å². The number of carbonyl (C=O) groups is 1. The van der Waals surface area contributed by atoms with Gasteiger partial charge in [-0.3, -0.25) is 4.79 Å². The summed E-state index contributed by atoms with van der Waals surface area (Å²) < 4.78 is 34.9. The van der Waals surface area contributed by atoms with Crippen molar-refractivity contribution in [1.29, 1.82) is 0 Å². The number of aryl methyl sites for hydroxylation is 1. The highest BCUT2D eigenvalue weighted by Crippen LogP contribution is 2.28. The molecule has 0 bridgehead atoms. The summed E-state index contributed by atoms with van der Waals surface area (Å²) in [5.74, 6) is 0.700. The molecule has 0 radical (unpaired) electrons. The fourth-order valence-electron chi connectivity index (χ4n) is 3.94. The standard InChI is InChI=1S/C22H23Cl2N3O4S/c1-15-12-19(16(2)27(15)14-18-4-3-11-31-18)22(28)25-7-9-26(10-8-25)32(29,30)21-13-17(23)5-6-20(21)24/h3-6,11-13H,7-10,14H2,1-2H3. The Bertz CT molecular complexity index is 1240. The molecule has 32 heavy (non-hydrogen) atoms. The van der Waals surface area contributed by atoms with E-state index in [1.807, 2.05) is 36.6 Å². The van der Waals surface area contributed by atoms with Gasteiger partial charge in [0.2, 0.25) is 10.0 Å². The molecule has 1 aliphatic rings. The lowest BCUT2D eigenvalue weighted by atomic mass is 10.2. The molecule has 3 aromatic rings. The molecule has 0 spiro atoms. The number of sulfonamides is 1. The molecule has 1 aromatic carbocycles. The second-order valence-electron chi connectivity index (χ2n) is 7.72. The molecule has 4 rings (SSSR count). The molecule has 0 N–H and O–H groups in total. The zero-order valence-electron chi connectivity index (χ0n) is 17.7. The highest BCUT2D eigenvalue weighted by atomic mass is 35.5. The molecule has 1 amide bonds. The number of benzene rings is 1. The molecule has 170 valence electrons. The van der Waals surface area contributed by atoms with Crippen molar-refractivity contribution >= 4 is 39.1 Å². The molecule has 0 saturated carbocycles. The maximum Gasteiger partial charge on any atom is 0.255 e. The van der Waals surface area contributed by atoms with Gasteiger partial charge in [0.1, 0.15) is 10.7 Å². The van der Waals surface area contributed by atoms with Crippen LogP contribution in [0.4, 0.5) is 0 Å². The summed E-state index contributed by atoms with van der Waals surface area (Å²) >= 11 is 12.1. The van der Waals surface area contributed by atoms with Crippen LogP contribution < -0.4 is 0 Å². The Hall–Kier alpha value is -2.26. The van der Waals surface area contributed by atoms with E-state index in [1.54, 1.807) is 17.2 Å². The van der Waals surface area contributed by atoms with Crippen molar-refractivity contribution in [3.05, 3.63) is 75.4 Å². The molecule has 2 aromatic heterocycles. The van der Waals surface area contributed by atoms with Gasteiger partial charge in [-0.1, -0.05) is 23.2 Å². The molecule has 10 heteroatoms. The molecular formula is C22H23Cl2N3O4S. The second-order valence-corrected chi connectivity index (χ2v) is 10.5. The molecular weight excluding hydrogens is 473 g/mol. The van der Waals surface area contributed by atoms with Crippen LogP contribution in [0.25, 0.3) is 0 Å². The molecule has 3 heterocycles. The van der Waals surface area contributed by atoms with Gasteiger partial charge in [0.15, 0.2) is 0 Å². The predicted molar refractivity (Wildman–Crippen MR) is 123 cm³/mol. The van der Waals surface area contributed by atoms with E-state index < -0.39 is 10.0 Å². The third-order valence-corrected chi connectivity index (χ3v) is 8.35. The SMILES string of the molecule is Cc1cc(C(=O)N2CCN(S(=O)(=O)c3cc(Cl)ccc3Cl)CC2)c(C)n1Cc1ccco1. The van der Waals surface area contributed by atoms with Crippen LogP contribution in [0.2, 0.25) is 10.0 Å². The lowest BCUT2D eigenvalue weighted by molar-refractivity contribution is 0.0697. The summed E-state index contributed by atoms with van der Waals surface area (Å²) in [6, 6.07) is 9.96. The summed E-state index contributed by atoms with van der Waals surface area (Å²) in [7, 11) is -3.80. The second kappa shape index (κ2) is 8.94. The Kier molecular flexibility index (Phi) is 6.40. The topological polar surface area (TPSA) is 75.8 Å². The van der Waals surface area contributed by atoms with Gasteiger partial charge in [-0.25, -0.2) is 8.42 Å². The number of hydrogen-bond acceptors (Lipinski definition) is 4. The van der Waals surface area contributed by atoms with Crippen molar-refractivity contribution < 1.29 is 17.6 Å². The molecule has 7 nitrogen and oxygen atoms in total. The van der Waals surface area contributed by atoms with Crippen LogP contribution in [-0.4, -0.2) is 54.3 Å².